The van der Waals surface area contributed by atoms with Gasteiger partial charge in [0.2, 0.25) is 9.84 Å². The molecule has 2 aromatic carbocycles. The molecule has 0 atom stereocenters. The summed E-state index contributed by atoms with van der Waals surface area (Å²) in [6.45, 7) is 2.59. The van der Waals surface area contributed by atoms with Gasteiger partial charge in [-0.1, -0.05) is 43.1 Å². The molecule has 130 valence electrons. The lowest BCUT2D eigenvalue weighted by Crippen LogP contribution is -2.04. The summed E-state index contributed by atoms with van der Waals surface area (Å²) in [4.78, 5) is -0.324. The Balaban J connectivity index is 2.41. The van der Waals surface area contributed by atoms with Crippen LogP contribution in [0, 0.1) is 11.3 Å². The van der Waals surface area contributed by atoms with Gasteiger partial charge in [0.1, 0.15) is 16.7 Å². The van der Waals surface area contributed by atoms with E-state index in [1.165, 1.54) is 30.3 Å². The van der Waals surface area contributed by atoms with E-state index in [1.54, 1.807) is 30.3 Å². The van der Waals surface area contributed by atoms with Crippen LogP contribution in [0.3, 0.4) is 0 Å². The van der Waals surface area contributed by atoms with Crippen LogP contribution in [-0.2, 0) is 9.84 Å². The largest absolute Gasteiger partial charge is 0.493 e. The van der Waals surface area contributed by atoms with Gasteiger partial charge in [0.25, 0.3) is 0 Å². The first-order chi connectivity index (χ1) is 12.0. The Morgan fingerprint density at radius 2 is 1.88 bits per heavy atom. The molecule has 0 amide bonds. The summed E-state index contributed by atoms with van der Waals surface area (Å²) in [6.07, 6.45) is 3.23. The van der Waals surface area contributed by atoms with E-state index in [1.807, 2.05) is 0 Å². The van der Waals surface area contributed by atoms with Crippen LogP contribution in [0.25, 0.3) is 6.08 Å². The molecule has 4 nitrogen and oxygen atoms in total. The van der Waals surface area contributed by atoms with Crippen molar-refractivity contribution < 1.29 is 13.2 Å². The van der Waals surface area contributed by atoms with Gasteiger partial charge in [-0.2, -0.15) is 5.26 Å². The van der Waals surface area contributed by atoms with Crippen LogP contribution in [0.15, 0.2) is 58.3 Å². The Labute approximate surface area is 153 Å². The number of hydrogen-bond donors (Lipinski definition) is 0. The van der Waals surface area contributed by atoms with E-state index in [9.17, 15) is 13.7 Å². The molecule has 0 saturated heterocycles. The average Bonchev–Trinajstić information content (AvgIpc) is 2.61. The molecule has 0 aromatic heterocycles. The molecule has 0 heterocycles. The van der Waals surface area contributed by atoms with Crippen molar-refractivity contribution in [2.45, 2.75) is 24.7 Å². The average molecular weight is 376 g/mol. The first-order valence-electron chi connectivity index (χ1n) is 7.83. The standard InChI is InChI=1S/C19H18ClNO3S/c1-2-3-12-24-19-7-5-4-6-15(19)13-18(14-21)25(22,23)17-10-8-16(20)9-11-17/h4-11,13H,2-3,12H2,1H3. The number of nitriles is 1. The number of para-hydroxylation sites is 1. The third kappa shape index (κ3) is 4.85. The van der Waals surface area contributed by atoms with E-state index in [-0.39, 0.29) is 9.80 Å². The fraction of sp³-hybridized carbons (Fsp3) is 0.211. The summed E-state index contributed by atoms with van der Waals surface area (Å²) in [7, 11) is -3.92. The van der Waals surface area contributed by atoms with Crippen LogP contribution in [-0.4, -0.2) is 15.0 Å². The van der Waals surface area contributed by atoms with Gasteiger partial charge in [0, 0.05) is 10.6 Å². The molecule has 0 fully saturated rings. The number of benzene rings is 2. The summed E-state index contributed by atoms with van der Waals surface area (Å²) >= 11 is 5.80. The lowest BCUT2D eigenvalue weighted by Gasteiger charge is -2.09. The molecule has 0 spiro atoms. The van der Waals surface area contributed by atoms with Gasteiger partial charge in [-0.25, -0.2) is 8.42 Å². The lowest BCUT2D eigenvalue weighted by molar-refractivity contribution is 0.309. The van der Waals surface area contributed by atoms with Crippen molar-refractivity contribution in [3.8, 4) is 11.8 Å². The van der Waals surface area contributed by atoms with Gasteiger partial charge in [-0.3, -0.25) is 0 Å². The second-order valence-electron chi connectivity index (χ2n) is 5.32. The monoisotopic (exact) mass is 375 g/mol. The molecule has 2 rings (SSSR count). The van der Waals surface area contributed by atoms with Gasteiger partial charge >= 0.3 is 0 Å². The molecular formula is C19H18ClNO3S. The van der Waals surface area contributed by atoms with E-state index in [2.05, 4.69) is 6.92 Å². The van der Waals surface area contributed by atoms with Gasteiger partial charge in [0.05, 0.1) is 11.5 Å². The lowest BCUT2D eigenvalue weighted by atomic mass is 10.2. The molecule has 0 aliphatic rings. The molecular weight excluding hydrogens is 358 g/mol. The number of ether oxygens (including phenoxy) is 1. The Kier molecular flexibility index (Phi) is 6.63. The highest BCUT2D eigenvalue weighted by Crippen LogP contribution is 2.26. The third-order valence-corrected chi connectivity index (χ3v) is 5.42. The van der Waals surface area contributed by atoms with Crippen molar-refractivity contribution in [2.24, 2.45) is 0 Å². The topological polar surface area (TPSA) is 67.2 Å². The number of sulfone groups is 1. The highest BCUT2D eigenvalue weighted by molar-refractivity contribution is 7.95. The molecule has 0 radical (unpaired) electrons. The zero-order valence-corrected chi connectivity index (χ0v) is 15.3. The van der Waals surface area contributed by atoms with Crippen molar-refractivity contribution in [1.29, 1.82) is 5.26 Å². The molecule has 0 aliphatic heterocycles. The predicted octanol–water partition coefficient (Wildman–Crippen LogP) is 4.86. The maximum atomic E-state index is 12.7. The summed E-state index contributed by atoms with van der Waals surface area (Å²) in [5, 5.41) is 9.81. The molecule has 0 saturated carbocycles. The van der Waals surface area contributed by atoms with Crippen molar-refractivity contribution in [1.82, 2.24) is 0 Å². The molecule has 0 N–H and O–H groups in total. The highest BCUT2D eigenvalue weighted by Gasteiger charge is 2.21. The van der Waals surface area contributed by atoms with Crippen LogP contribution < -0.4 is 4.74 Å². The predicted molar refractivity (Wildman–Crippen MR) is 99.1 cm³/mol. The van der Waals surface area contributed by atoms with Gasteiger partial charge in [-0.15, -0.1) is 0 Å². The number of unbranched alkanes of at least 4 members (excludes halogenated alkanes) is 1. The van der Waals surface area contributed by atoms with E-state index in [0.29, 0.717) is 22.9 Å². The Hall–Kier alpha value is -2.29. The molecule has 6 heteroatoms. The van der Waals surface area contributed by atoms with Gasteiger partial charge in [0.15, 0.2) is 0 Å². The summed E-state index contributed by atoms with van der Waals surface area (Å²) in [5.74, 6) is 0.551. The van der Waals surface area contributed by atoms with Crippen LogP contribution >= 0.6 is 11.6 Å². The third-order valence-electron chi connectivity index (χ3n) is 3.48. The number of rotatable bonds is 7. The number of hydrogen-bond acceptors (Lipinski definition) is 4. The van der Waals surface area contributed by atoms with Crippen LogP contribution in [0.1, 0.15) is 25.3 Å². The minimum absolute atomic E-state index is 0.0223. The number of nitrogens with zero attached hydrogens (tertiary/aromatic N) is 1. The second-order valence-corrected chi connectivity index (χ2v) is 7.67. The van der Waals surface area contributed by atoms with Crippen molar-refractivity contribution >= 4 is 27.5 Å². The second kappa shape index (κ2) is 8.70. The summed E-state index contributed by atoms with van der Waals surface area (Å²) in [5.41, 5.74) is 0.549. The fourth-order valence-electron chi connectivity index (χ4n) is 2.11. The van der Waals surface area contributed by atoms with Gasteiger partial charge in [-0.05, 0) is 42.8 Å². The summed E-state index contributed by atoms with van der Waals surface area (Å²) < 4.78 is 31.0. The van der Waals surface area contributed by atoms with Crippen LogP contribution in [0.4, 0.5) is 0 Å². The molecule has 25 heavy (non-hydrogen) atoms. The maximum absolute atomic E-state index is 12.7. The van der Waals surface area contributed by atoms with E-state index < -0.39 is 9.84 Å². The van der Waals surface area contributed by atoms with Crippen molar-refractivity contribution in [3.63, 3.8) is 0 Å². The van der Waals surface area contributed by atoms with Crippen molar-refractivity contribution in [3.05, 3.63) is 64.0 Å². The van der Waals surface area contributed by atoms with E-state index in [0.717, 1.165) is 12.8 Å². The fourth-order valence-corrected chi connectivity index (χ4v) is 3.39. The zero-order chi connectivity index (χ0) is 18.3. The van der Waals surface area contributed by atoms with Crippen LogP contribution in [0.5, 0.6) is 5.75 Å². The maximum Gasteiger partial charge on any atom is 0.216 e. The minimum Gasteiger partial charge on any atom is -0.493 e. The van der Waals surface area contributed by atoms with Crippen molar-refractivity contribution in [2.75, 3.05) is 6.61 Å². The van der Waals surface area contributed by atoms with E-state index >= 15 is 0 Å². The molecule has 0 unspecified atom stereocenters. The van der Waals surface area contributed by atoms with E-state index in [4.69, 9.17) is 16.3 Å². The summed E-state index contributed by atoms with van der Waals surface area (Å²) in [6, 6.07) is 14.5. The van der Waals surface area contributed by atoms with Gasteiger partial charge < -0.3 is 4.74 Å². The smallest absolute Gasteiger partial charge is 0.216 e. The Morgan fingerprint density at radius 3 is 2.52 bits per heavy atom. The first kappa shape index (κ1) is 19.0. The first-order valence-corrected chi connectivity index (χ1v) is 9.69. The SMILES string of the molecule is CCCCOc1ccccc1C=C(C#N)S(=O)(=O)c1ccc(Cl)cc1. The Bertz CT molecular complexity index is 897. The number of halogens is 1. The quantitative estimate of drug-likeness (QED) is 0.512. The molecule has 0 aliphatic carbocycles. The van der Waals surface area contributed by atoms with Crippen LogP contribution in [0.2, 0.25) is 5.02 Å². The number of allylic oxidation sites excluding steroid dienone is 1. The zero-order valence-electron chi connectivity index (χ0n) is 13.8. The molecule has 2 aromatic rings. The normalized spacial score (nSPS) is 11.8. The molecule has 0 bridgehead atoms. The Morgan fingerprint density at radius 1 is 1.20 bits per heavy atom. The minimum atomic E-state index is -3.92. The highest BCUT2D eigenvalue weighted by atomic mass is 35.5.